The molecule has 4 N–H and O–H groups in total. The lowest BCUT2D eigenvalue weighted by Crippen LogP contribution is -2.42. The van der Waals surface area contributed by atoms with E-state index in [0.717, 1.165) is 0 Å². The largest absolute Gasteiger partial charge is 0.769 e. The Kier molecular flexibility index (Phi) is 5.78. The van der Waals surface area contributed by atoms with Gasteiger partial charge in [0.15, 0.2) is 0 Å². The summed E-state index contributed by atoms with van der Waals surface area (Å²) in [5.41, 5.74) is 11.6. The number of benzene rings is 2. The van der Waals surface area contributed by atoms with E-state index in [1.165, 1.54) is 24.3 Å². The quantitative estimate of drug-likeness (QED) is 0.452. The molecule has 0 radical (unpaired) electrons. The summed E-state index contributed by atoms with van der Waals surface area (Å²) in [4.78, 5) is 22.1. The van der Waals surface area contributed by atoms with Crippen LogP contribution in [0.1, 0.15) is 11.1 Å². The molecule has 0 heterocycles. The molecule has 26 heavy (non-hydrogen) atoms. The molecule has 2 aromatic rings. The molecule has 0 fully saturated rings. The Balaban J connectivity index is 1.95. The molecule has 2 aromatic carbocycles. The Morgan fingerprint density at radius 2 is 1.50 bits per heavy atom. The van der Waals surface area contributed by atoms with Crippen molar-refractivity contribution >= 4 is 28.8 Å². The summed E-state index contributed by atoms with van der Waals surface area (Å²) >= 11 is 0. The molecule has 0 bridgehead atoms. The van der Waals surface area contributed by atoms with Gasteiger partial charge in [0, 0.05) is 17.8 Å². The third kappa shape index (κ3) is 4.72. The molecule has 11 nitrogen and oxygen atoms in total. The van der Waals surface area contributed by atoms with Gasteiger partial charge in [-0.15, -0.1) is 0 Å². The van der Waals surface area contributed by atoms with Crippen LogP contribution in [-0.4, -0.2) is 11.0 Å². The Hall–Kier alpha value is -3.57. The molecule has 11 heteroatoms. The summed E-state index contributed by atoms with van der Waals surface area (Å²) in [6.45, 7) is 3.44. The number of nitro groups is 1. The minimum Gasteiger partial charge on any atom is -0.769 e. The molecule has 0 aliphatic heterocycles. The zero-order valence-corrected chi connectivity index (χ0v) is 13.9. The second-order valence-corrected chi connectivity index (χ2v) is 5.34. The molecule has 2 rings (SSSR count). The lowest BCUT2D eigenvalue weighted by molar-refractivity contribution is -0.384. The monoisotopic (exact) mass is 360 g/mol. The van der Waals surface area contributed by atoms with Gasteiger partial charge in [0.05, 0.1) is 16.3 Å². The van der Waals surface area contributed by atoms with E-state index in [0.29, 0.717) is 22.5 Å². The van der Waals surface area contributed by atoms with Crippen LogP contribution in [0.15, 0.2) is 36.4 Å². The number of amides is 2. The topological polar surface area (TPSA) is 158 Å². The van der Waals surface area contributed by atoms with E-state index in [9.17, 15) is 25.3 Å². The van der Waals surface area contributed by atoms with E-state index < -0.39 is 16.2 Å². The van der Waals surface area contributed by atoms with Gasteiger partial charge < -0.3 is 15.6 Å². The lowest BCUT2D eigenvalue weighted by atomic mass is 10.2. The van der Waals surface area contributed by atoms with Gasteiger partial charge in [-0.05, 0) is 37.1 Å². The molecule has 0 aliphatic carbocycles. The summed E-state index contributed by atoms with van der Waals surface area (Å²) in [5.74, 6) is 0. The second-order valence-electron chi connectivity index (χ2n) is 5.34. The minimum atomic E-state index is -0.693. The van der Waals surface area contributed by atoms with Gasteiger partial charge in [-0.25, -0.2) is 4.79 Å². The Morgan fingerprint density at radius 3 is 2.04 bits per heavy atom. The predicted molar refractivity (Wildman–Crippen MR) is 97.1 cm³/mol. The van der Waals surface area contributed by atoms with Crippen LogP contribution in [0.2, 0.25) is 0 Å². The first-order valence-corrected chi connectivity index (χ1v) is 7.36. The van der Waals surface area contributed by atoms with Gasteiger partial charge in [-0.1, -0.05) is 12.1 Å². The van der Waals surface area contributed by atoms with Crippen LogP contribution in [0.3, 0.4) is 0 Å². The van der Waals surface area contributed by atoms with Crippen LogP contribution in [0, 0.1) is 34.4 Å². The second kappa shape index (κ2) is 8.00. The Labute approximate surface area is 148 Å². The highest BCUT2D eigenvalue weighted by atomic mass is 16.8. The Bertz CT molecular complexity index is 826. The van der Waals surface area contributed by atoms with Crippen molar-refractivity contribution < 1.29 is 9.72 Å². The summed E-state index contributed by atoms with van der Waals surface area (Å²) in [7, 11) is 0. The fourth-order valence-corrected chi connectivity index (χ4v) is 2.00. The number of aryl methyl sites for hydroxylation is 2. The van der Waals surface area contributed by atoms with E-state index >= 15 is 0 Å². The molecule has 0 unspecified atom stereocenters. The molecule has 0 saturated heterocycles. The normalized spacial score (nSPS) is 10.0. The Morgan fingerprint density at radius 1 is 0.962 bits per heavy atom. The maximum absolute atomic E-state index is 11.8. The number of rotatable bonds is 6. The number of hydrazine groups is 2. The molecule has 0 atom stereocenters. The van der Waals surface area contributed by atoms with Crippen molar-refractivity contribution in [3.05, 3.63) is 68.1 Å². The first kappa shape index (κ1) is 18.8. The first-order valence-electron chi connectivity index (χ1n) is 7.36. The average molecular weight is 360 g/mol. The van der Waals surface area contributed by atoms with Crippen molar-refractivity contribution in [1.82, 2.24) is 10.9 Å². The van der Waals surface area contributed by atoms with Crippen LogP contribution in [-0.2, 0) is 0 Å². The number of hydrogen-bond acceptors (Lipinski definition) is 8. The summed E-state index contributed by atoms with van der Waals surface area (Å²) in [6, 6.07) is 7.68. The average Bonchev–Trinajstić information content (AvgIpc) is 2.59. The van der Waals surface area contributed by atoms with Crippen molar-refractivity contribution in [3.63, 3.8) is 0 Å². The van der Waals surface area contributed by atoms with E-state index in [1.54, 1.807) is 26.0 Å². The molecule has 0 aliphatic rings. The SMILES string of the molecule is Cc1ccc(N([O-])[O-])cc1NNC(=O)NNc1cc([N+](=O)[O-])ccc1C. The van der Waals surface area contributed by atoms with Crippen LogP contribution in [0.5, 0.6) is 0 Å². The zero-order valence-electron chi connectivity index (χ0n) is 13.9. The lowest BCUT2D eigenvalue weighted by Gasteiger charge is -2.37. The van der Waals surface area contributed by atoms with Crippen molar-refractivity contribution in [2.24, 2.45) is 0 Å². The fourth-order valence-electron chi connectivity index (χ4n) is 2.00. The van der Waals surface area contributed by atoms with E-state index in [-0.39, 0.29) is 11.4 Å². The maximum atomic E-state index is 11.8. The first-order chi connectivity index (χ1) is 12.3. The van der Waals surface area contributed by atoms with Gasteiger partial charge >= 0.3 is 6.03 Å². The fraction of sp³-hybridized carbons (Fsp3) is 0.133. The van der Waals surface area contributed by atoms with Crippen LogP contribution < -0.4 is 26.9 Å². The molecular weight excluding hydrogens is 344 g/mol. The molecule has 0 spiro atoms. The number of carbonyl (C=O) groups excluding carboxylic acids is 1. The third-order valence-electron chi connectivity index (χ3n) is 3.49. The van der Waals surface area contributed by atoms with Crippen LogP contribution in [0.4, 0.5) is 27.5 Å². The number of anilines is 3. The summed E-state index contributed by atoms with van der Waals surface area (Å²) in [5, 5.41) is 31.8. The number of urea groups is 1. The third-order valence-corrected chi connectivity index (χ3v) is 3.49. The molecule has 0 aromatic heterocycles. The van der Waals surface area contributed by atoms with Gasteiger partial charge in [-0.3, -0.25) is 31.8 Å². The van der Waals surface area contributed by atoms with Crippen molar-refractivity contribution in [2.75, 3.05) is 16.1 Å². The highest BCUT2D eigenvalue weighted by Crippen LogP contribution is 2.22. The maximum Gasteiger partial charge on any atom is 0.352 e. The highest BCUT2D eigenvalue weighted by Gasteiger charge is 2.09. The van der Waals surface area contributed by atoms with E-state index in [4.69, 9.17) is 0 Å². The van der Waals surface area contributed by atoms with Gasteiger partial charge in [0.1, 0.15) is 0 Å². The van der Waals surface area contributed by atoms with E-state index in [2.05, 4.69) is 21.7 Å². The van der Waals surface area contributed by atoms with Crippen molar-refractivity contribution in [3.8, 4) is 0 Å². The van der Waals surface area contributed by atoms with Crippen molar-refractivity contribution in [1.29, 1.82) is 0 Å². The van der Waals surface area contributed by atoms with Crippen LogP contribution >= 0.6 is 0 Å². The number of nitrogens with one attached hydrogen (secondary N) is 4. The smallest absolute Gasteiger partial charge is 0.352 e. The molecule has 0 saturated carbocycles. The molecular formula is C15H16N6O5-2. The van der Waals surface area contributed by atoms with E-state index in [1.807, 2.05) is 0 Å². The molecule has 2 amide bonds. The zero-order chi connectivity index (χ0) is 19.3. The summed E-state index contributed by atoms with van der Waals surface area (Å²) < 4.78 is 0. The van der Waals surface area contributed by atoms with Gasteiger partial charge in [-0.2, -0.15) is 0 Å². The molecule has 138 valence electrons. The van der Waals surface area contributed by atoms with Gasteiger partial charge in [0.25, 0.3) is 5.69 Å². The number of carbonyl (C=O) groups is 1. The minimum absolute atomic E-state index is 0.120. The van der Waals surface area contributed by atoms with Crippen molar-refractivity contribution in [2.45, 2.75) is 13.8 Å². The summed E-state index contributed by atoms with van der Waals surface area (Å²) in [6.07, 6.45) is 0. The van der Waals surface area contributed by atoms with Gasteiger partial charge in [0.2, 0.25) is 0 Å². The standard InChI is InChI=1S/C15H16N6O5/c1-9-3-5-11(20(23)24)7-13(9)16-18-15(22)19-17-14-8-12(21(25)26)6-4-10(14)2/h3-8,16-17H,1-2H3,(H2,18,19,22)/q-2. The highest BCUT2D eigenvalue weighted by molar-refractivity contribution is 5.78. The predicted octanol–water partition coefficient (Wildman–Crippen LogP) is 2.67. The number of nitro benzene ring substituents is 1. The number of nitrogens with zero attached hydrogens (tertiary/aromatic N) is 2. The number of hydrogen-bond donors (Lipinski definition) is 4. The van der Waals surface area contributed by atoms with Crippen LogP contribution in [0.25, 0.3) is 0 Å². The number of non-ortho nitro benzene ring substituents is 1.